The molecule has 1 fully saturated rings. The zero-order valence-corrected chi connectivity index (χ0v) is 14.6. The van der Waals surface area contributed by atoms with E-state index in [1.807, 2.05) is 36.5 Å². The Morgan fingerprint density at radius 2 is 2.00 bits per heavy atom. The Morgan fingerprint density at radius 1 is 1.17 bits per heavy atom. The van der Waals surface area contributed by atoms with Crippen LogP contribution >= 0.6 is 0 Å². The van der Waals surface area contributed by atoms with Crippen LogP contribution in [-0.2, 0) is 24.8 Å². The van der Waals surface area contributed by atoms with Gasteiger partial charge in [0.05, 0.1) is 13.0 Å². The third-order valence-electron chi connectivity index (χ3n) is 4.83. The Labute approximate surface area is 143 Å². The van der Waals surface area contributed by atoms with Gasteiger partial charge in [0, 0.05) is 45.6 Å². The van der Waals surface area contributed by atoms with Crippen molar-refractivity contribution in [2.75, 3.05) is 26.2 Å². The van der Waals surface area contributed by atoms with E-state index in [1.165, 1.54) is 5.56 Å². The molecule has 0 aliphatic carbocycles. The number of aryl methyl sites for hydroxylation is 2. The number of amides is 1. The van der Waals surface area contributed by atoms with Crippen molar-refractivity contribution in [1.29, 1.82) is 0 Å². The van der Waals surface area contributed by atoms with Gasteiger partial charge in [-0.3, -0.25) is 9.69 Å². The van der Waals surface area contributed by atoms with Gasteiger partial charge < -0.3 is 9.47 Å². The summed E-state index contributed by atoms with van der Waals surface area (Å²) in [6.07, 6.45) is 5.34. The van der Waals surface area contributed by atoms with Crippen molar-refractivity contribution in [3.8, 4) is 0 Å². The quantitative estimate of drug-likeness (QED) is 0.863. The van der Waals surface area contributed by atoms with Gasteiger partial charge in [-0.15, -0.1) is 0 Å². The van der Waals surface area contributed by atoms with E-state index >= 15 is 0 Å². The van der Waals surface area contributed by atoms with Crippen LogP contribution < -0.4 is 0 Å². The van der Waals surface area contributed by atoms with Crippen LogP contribution in [0.5, 0.6) is 0 Å². The van der Waals surface area contributed by atoms with E-state index < -0.39 is 0 Å². The molecule has 0 N–H and O–H groups in total. The highest BCUT2D eigenvalue weighted by molar-refractivity contribution is 5.79. The standard InChI is InChI=1S/C19H26N4O/c1-16-6-3-4-7-17(16)14-19(24)23-10-5-9-22(12-13-23)15-18-20-8-11-21(18)2/h3-4,6-8,11H,5,9-10,12-15H2,1-2H3. The van der Waals surface area contributed by atoms with E-state index in [0.29, 0.717) is 6.42 Å². The van der Waals surface area contributed by atoms with Crippen LogP contribution in [0.1, 0.15) is 23.4 Å². The smallest absolute Gasteiger partial charge is 0.227 e. The fourth-order valence-electron chi connectivity index (χ4n) is 3.21. The number of rotatable bonds is 4. The molecule has 0 radical (unpaired) electrons. The first-order chi connectivity index (χ1) is 11.6. The van der Waals surface area contributed by atoms with Crippen molar-refractivity contribution in [2.45, 2.75) is 26.3 Å². The average molecular weight is 326 g/mol. The van der Waals surface area contributed by atoms with Gasteiger partial charge in [0.2, 0.25) is 5.91 Å². The SMILES string of the molecule is Cc1ccccc1CC(=O)N1CCCN(Cc2nccn2C)CC1. The summed E-state index contributed by atoms with van der Waals surface area (Å²) in [6, 6.07) is 8.15. The summed E-state index contributed by atoms with van der Waals surface area (Å²) >= 11 is 0. The summed E-state index contributed by atoms with van der Waals surface area (Å²) in [7, 11) is 2.03. The summed E-state index contributed by atoms with van der Waals surface area (Å²) in [4.78, 5) is 21.5. The molecule has 0 unspecified atom stereocenters. The highest BCUT2D eigenvalue weighted by atomic mass is 16.2. The van der Waals surface area contributed by atoms with E-state index in [-0.39, 0.29) is 5.91 Å². The van der Waals surface area contributed by atoms with Crippen LogP contribution in [0.25, 0.3) is 0 Å². The second kappa shape index (κ2) is 7.62. The monoisotopic (exact) mass is 326 g/mol. The number of imidazole rings is 1. The summed E-state index contributed by atoms with van der Waals surface area (Å²) in [6.45, 7) is 6.49. The molecule has 128 valence electrons. The van der Waals surface area contributed by atoms with Crippen molar-refractivity contribution in [3.63, 3.8) is 0 Å². The van der Waals surface area contributed by atoms with E-state index in [4.69, 9.17) is 0 Å². The first-order valence-electron chi connectivity index (χ1n) is 8.64. The molecule has 1 aromatic carbocycles. The summed E-state index contributed by atoms with van der Waals surface area (Å²) in [5.41, 5.74) is 2.33. The predicted molar refractivity (Wildman–Crippen MR) is 94.6 cm³/mol. The van der Waals surface area contributed by atoms with Gasteiger partial charge in [-0.2, -0.15) is 0 Å². The second-order valence-corrected chi connectivity index (χ2v) is 6.57. The highest BCUT2D eigenvalue weighted by Crippen LogP contribution is 2.12. The molecule has 1 aliphatic heterocycles. The minimum absolute atomic E-state index is 0.239. The lowest BCUT2D eigenvalue weighted by Gasteiger charge is -2.22. The number of aromatic nitrogens is 2. The normalized spacial score (nSPS) is 16.2. The van der Waals surface area contributed by atoms with Gasteiger partial charge in [-0.1, -0.05) is 24.3 Å². The van der Waals surface area contributed by atoms with Crippen molar-refractivity contribution < 1.29 is 4.79 Å². The Hall–Kier alpha value is -2.14. The predicted octanol–water partition coefficient (Wildman–Crippen LogP) is 2.01. The molecule has 2 aromatic rings. The molecule has 5 heteroatoms. The summed E-state index contributed by atoms with van der Waals surface area (Å²) < 4.78 is 2.06. The molecule has 2 heterocycles. The van der Waals surface area contributed by atoms with E-state index in [9.17, 15) is 4.79 Å². The van der Waals surface area contributed by atoms with Gasteiger partial charge in [-0.05, 0) is 24.5 Å². The molecular formula is C19H26N4O. The third-order valence-corrected chi connectivity index (χ3v) is 4.83. The number of nitrogens with zero attached hydrogens (tertiary/aromatic N) is 4. The fourth-order valence-corrected chi connectivity index (χ4v) is 3.21. The highest BCUT2D eigenvalue weighted by Gasteiger charge is 2.20. The zero-order chi connectivity index (χ0) is 16.9. The van der Waals surface area contributed by atoms with Gasteiger partial charge in [0.1, 0.15) is 5.82 Å². The number of carbonyl (C=O) groups is 1. The molecule has 24 heavy (non-hydrogen) atoms. The van der Waals surface area contributed by atoms with Crippen LogP contribution in [0.3, 0.4) is 0 Å². The lowest BCUT2D eigenvalue weighted by atomic mass is 10.1. The maximum atomic E-state index is 12.6. The number of hydrogen-bond acceptors (Lipinski definition) is 3. The van der Waals surface area contributed by atoms with Crippen LogP contribution in [0.4, 0.5) is 0 Å². The molecule has 1 aliphatic rings. The maximum Gasteiger partial charge on any atom is 0.227 e. The number of carbonyl (C=O) groups excluding carboxylic acids is 1. The van der Waals surface area contributed by atoms with Crippen molar-refractivity contribution in [2.24, 2.45) is 7.05 Å². The van der Waals surface area contributed by atoms with E-state index in [1.54, 1.807) is 0 Å². The van der Waals surface area contributed by atoms with Gasteiger partial charge in [0.15, 0.2) is 0 Å². The number of hydrogen-bond donors (Lipinski definition) is 0. The zero-order valence-electron chi connectivity index (χ0n) is 14.6. The van der Waals surface area contributed by atoms with Crippen LogP contribution in [-0.4, -0.2) is 51.4 Å². The summed E-state index contributed by atoms with van der Waals surface area (Å²) in [5.74, 6) is 1.32. The molecule has 3 rings (SSSR count). The Morgan fingerprint density at radius 3 is 2.75 bits per heavy atom. The van der Waals surface area contributed by atoms with Crippen LogP contribution in [0, 0.1) is 6.92 Å². The Kier molecular flexibility index (Phi) is 5.30. The molecule has 0 atom stereocenters. The molecular weight excluding hydrogens is 300 g/mol. The molecule has 5 nitrogen and oxygen atoms in total. The van der Waals surface area contributed by atoms with Gasteiger partial charge >= 0.3 is 0 Å². The van der Waals surface area contributed by atoms with Crippen molar-refractivity contribution in [3.05, 3.63) is 53.6 Å². The molecule has 1 aromatic heterocycles. The van der Waals surface area contributed by atoms with Crippen LogP contribution in [0.15, 0.2) is 36.7 Å². The topological polar surface area (TPSA) is 41.4 Å². The van der Waals surface area contributed by atoms with Gasteiger partial charge in [0.25, 0.3) is 0 Å². The molecule has 0 spiro atoms. The first kappa shape index (κ1) is 16.7. The van der Waals surface area contributed by atoms with Crippen molar-refractivity contribution >= 4 is 5.91 Å². The number of benzene rings is 1. The van der Waals surface area contributed by atoms with Gasteiger partial charge in [-0.25, -0.2) is 4.98 Å². The minimum Gasteiger partial charge on any atom is -0.341 e. The largest absolute Gasteiger partial charge is 0.341 e. The minimum atomic E-state index is 0.239. The lowest BCUT2D eigenvalue weighted by molar-refractivity contribution is -0.130. The molecule has 1 saturated heterocycles. The fraction of sp³-hybridized carbons (Fsp3) is 0.474. The van der Waals surface area contributed by atoms with Crippen molar-refractivity contribution in [1.82, 2.24) is 19.4 Å². The second-order valence-electron chi connectivity index (χ2n) is 6.57. The summed E-state index contributed by atoms with van der Waals surface area (Å²) in [5, 5.41) is 0. The lowest BCUT2D eigenvalue weighted by Crippen LogP contribution is -2.36. The molecule has 0 bridgehead atoms. The molecule has 1 amide bonds. The Bertz CT molecular complexity index is 694. The van der Waals surface area contributed by atoms with E-state index in [0.717, 1.165) is 50.5 Å². The Balaban J connectivity index is 1.56. The first-order valence-corrected chi connectivity index (χ1v) is 8.64. The van der Waals surface area contributed by atoms with E-state index in [2.05, 4.69) is 33.5 Å². The molecule has 0 saturated carbocycles. The third kappa shape index (κ3) is 4.03. The average Bonchev–Trinajstić information content (AvgIpc) is 2.83. The maximum absolute atomic E-state index is 12.6. The van der Waals surface area contributed by atoms with Crippen LogP contribution in [0.2, 0.25) is 0 Å².